The fourth-order valence-electron chi connectivity index (χ4n) is 1.95. The maximum atomic E-state index is 12.1. The molecule has 0 bridgehead atoms. The number of aliphatic hydroxyl groups excluding tert-OH is 1. The molecule has 2 aromatic rings. The van der Waals surface area contributed by atoms with Crippen molar-refractivity contribution in [3.63, 3.8) is 0 Å². The van der Waals surface area contributed by atoms with Gasteiger partial charge in [-0.3, -0.25) is 9.59 Å². The Bertz CT molecular complexity index is 663. The van der Waals surface area contributed by atoms with Crippen molar-refractivity contribution >= 4 is 16.7 Å². The zero-order chi connectivity index (χ0) is 13.8. The molecule has 1 aromatic heterocycles. The lowest BCUT2D eigenvalue weighted by Crippen LogP contribution is -2.26. The molecule has 6 nitrogen and oxygen atoms in total. The predicted molar refractivity (Wildman–Crippen MR) is 69.0 cm³/mol. The van der Waals surface area contributed by atoms with Gasteiger partial charge in [-0.2, -0.15) is 5.10 Å². The standard InChI is InChI=1S/C13H14N2O4/c16-7-3-6-15-13(19)10-5-2-1-4-9(10)11(14-15)8-12(17)18/h1-2,4-5,16H,3,6-8H2,(H,17,18). The fraction of sp³-hybridized carbons (Fsp3) is 0.308. The molecule has 0 aliphatic heterocycles. The van der Waals surface area contributed by atoms with Crippen molar-refractivity contribution in [2.75, 3.05) is 6.61 Å². The monoisotopic (exact) mass is 262 g/mol. The molecular formula is C13H14N2O4. The molecule has 6 heteroatoms. The first-order valence-corrected chi connectivity index (χ1v) is 5.95. The van der Waals surface area contributed by atoms with Crippen LogP contribution >= 0.6 is 0 Å². The molecule has 0 atom stereocenters. The Hall–Kier alpha value is -2.21. The van der Waals surface area contributed by atoms with E-state index in [4.69, 9.17) is 10.2 Å². The number of benzene rings is 1. The van der Waals surface area contributed by atoms with Crippen LogP contribution in [0.4, 0.5) is 0 Å². The Kier molecular flexibility index (Phi) is 3.91. The molecule has 0 saturated carbocycles. The minimum absolute atomic E-state index is 0.0464. The highest BCUT2D eigenvalue weighted by molar-refractivity contribution is 5.86. The summed E-state index contributed by atoms with van der Waals surface area (Å²) < 4.78 is 1.22. The molecule has 0 aliphatic carbocycles. The number of aliphatic carboxylic acids is 1. The van der Waals surface area contributed by atoms with Gasteiger partial charge in [0.25, 0.3) is 5.56 Å². The predicted octanol–water partition coefficient (Wildman–Crippen LogP) is 0.406. The Labute approximate surface area is 108 Å². The van der Waals surface area contributed by atoms with E-state index in [0.717, 1.165) is 0 Å². The zero-order valence-electron chi connectivity index (χ0n) is 10.2. The molecule has 0 fully saturated rings. The van der Waals surface area contributed by atoms with E-state index in [0.29, 0.717) is 22.9 Å². The highest BCUT2D eigenvalue weighted by atomic mass is 16.4. The first-order valence-electron chi connectivity index (χ1n) is 5.95. The molecule has 0 amide bonds. The quantitative estimate of drug-likeness (QED) is 0.814. The number of aliphatic hydroxyl groups is 1. The third kappa shape index (κ3) is 2.79. The van der Waals surface area contributed by atoms with Crippen LogP contribution in [-0.2, 0) is 17.8 Å². The lowest BCUT2D eigenvalue weighted by atomic mass is 10.1. The third-order valence-electron chi connectivity index (χ3n) is 2.79. The molecule has 0 unspecified atom stereocenters. The van der Waals surface area contributed by atoms with E-state index in [1.807, 2.05) is 0 Å². The average molecular weight is 262 g/mol. The Balaban J connectivity index is 2.61. The summed E-state index contributed by atoms with van der Waals surface area (Å²) in [4.78, 5) is 23.0. The van der Waals surface area contributed by atoms with Gasteiger partial charge < -0.3 is 10.2 Å². The van der Waals surface area contributed by atoms with Gasteiger partial charge in [-0.15, -0.1) is 0 Å². The number of rotatable bonds is 5. The maximum Gasteiger partial charge on any atom is 0.309 e. The van der Waals surface area contributed by atoms with E-state index in [1.165, 1.54) is 4.68 Å². The molecular weight excluding hydrogens is 248 g/mol. The van der Waals surface area contributed by atoms with Gasteiger partial charge in [0.2, 0.25) is 0 Å². The van der Waals surface area contributed by atoms with Crippen LogP contribution in [0.2, 0.25) is 0 Å². The molecule has 0 aliphatic rings. The van der Waals surface area contributed by atoms with Crippen LogP contribution in [0.3, 0.4) is 0 Å². The summed E-state index contributed by atoms with van der Waals surface area (Å²) in [7, 11) is 0. The second kappa shape index (κ2) is 5.62. The van der Waals surface area contributed by atoms with Gasteiger partial charge in [0, 0.05) is 18.5 Å². The summed E-state index contributed by atoms with van der Waals surface area (Å²) in [5.74, 6) is -0.995. The minimum atomic E-state index is -0.995. The summed E-state index contributed by atoms with van der Waals surface area (Å²) in [5.41, 5.74) is 0.0961. The van der Waals surface area contributed by atoms with Crippen molar-refractivity contribution < 1.29 is 15.0 Å². The topological polar surface area (TPSA) is 92.4 Å². The van der Waals surface area contributed by atoms with E-state index >= 15 is 0 Å². The molecule has 0 saturated heterocycles. The summed E-state index contributed by atoms with van der Waals surface area (Å²) in [6, 6.07) is 6.82. The van der Waals surface area contributed by atoms with Gasteiger partial charge in [0.1, 0.15) is 0 Å². The summed E-state index contributed by atoms with van der Waals surface area (Å²) in [5, 5.41) is 22.8. The number of hydrogen-bond acceptors (Lipinski definition) is 4. The number of carboxylic acids is 1. The highest BCUT2D eigenvalue weighted by Crippen LogP contribution is 2.13. The van der Waals surface area contributed by atoms with E-state index in [9.17, 15) is 9.59 Å². The van der Waals surface area contributed by atoms with Gasteiger partial charge >= 0.3 is 5.97 Å². The van der Waals surface area contributed by atoms with Gasteiger partial charge in [-0.1, -0.05) is 18.2 Å². The number of nitrogens with zero attached hydrogens (tertiary/aromatic N) is 2. The molecule has 2 N–H and O–H groups in total. The normalized spacial score (nSPS) is 10.8. The molecule has 0 spiro atoms. The van der Waals surface area contributed by atoms with Crippen LogP contribution in [0.25, 0.3) is 10.8 Å². The van der Waals surface area contributed by atoms with Crippen LogP contribution in [-0.4, -0.2) is 32.6 Å². The largest absolute Gasteiger partial charge is 0.481 e. The fourth-order valence-corrected chi connectivity index (χ4v) is 1.95. The Morgan fingerprint density at radius 1 is 1.26 bits per heavy atom. The van der Waals surface area contributed by atoms with Gasteiger partial charge in [-0.25, -0.2) is 4.68 Å². The third-order valence-corrected chi connectivity index (χ3v) is 2.79. The van der Waals surface area contributed by atoms with Gasteiger partial charge in [0.05, 0.1) is 17.5 Å². The molecule has 2 rings (SSSR count). The SMILES string of the molecule is O=C(O)Cc1nn(CCCO)c(=O)c2ccccc12. The summed E-state index contributed by atoms with van der Waals surface area (Å²) in [6.45, 7) is 0.224. The molecule has 1 aromatic carbocycles. The number of aryl methyl sites for hydroxylation is 1. The maximum absolute atomic E-state index is 12.1. The first-order chi connectivity index (χ1) is 9.13. The molecule has 100 valence electrons. The van der Waals surface area contributed by atoms with Crippen LogP contribution in [0.15, 0.2) is 29.1 Å². The van der Waals surface area contributed by atoms with Crippen LogP contribution in [0, 0.1) is 0 Å². The van der Waals surface area contributed by atoms with Crippen LogP contribution in [0.5, 0.6) is 0 Å². The number of fused-ring (bicyclic) bond motifs is 1. The van der Waals surface area contributed by atoms with Crippen molar-refractivity contribution in [2.45, 2.75) is 19.4 Å². The summed E-state index contributed by atoms with van der Waals surface area (Å²) >= 11 is 0. The van der Waals surface area contributed by atoms with E-state index in [2.05, 4.69) is 5.10 Å². The Morgan fingerprint density at radius 2 is 1.95 bits per heavy atom. The van der Waals surface area contributed by atoms with E-state index < -0.39 is 5.97 Å². The minimum Gasteiger partial charge on any atom is -0.481 e. The van der Waals surface area contributed by atoms with Crippen molar-refractivity contribution in [1.82, 2.24) is 9.78 Å². The Morgan fingerprint density at radius 3 is 2.58 bits per heavy atom. The van der Waals surface area contributed by atoms with Crippen LogP contribution in [0.1, 0.15) is 12.1 Å². The first kappa shape index (κ1) is 13.2. The average Bonchev–Trinajstić information content (AvgIpc) is 2.40. The van der Waals surface area contributed by atoms with Gasteiger partial charge in [-0.05, 0) is 12.5 Å². The second-order valence-corrected chi connectivity index (χ2v) is 4.17. The number of aromatic nitrogens is 2. The van der Waals surface area contributed by atoms with E-state index in [-0.39, 0.29) is 25.1 Å². The lowest BCUT2D eigenvalue weighted by Gasteiger charge is -2.09. The lowest BCUT2D eigenvalue weighted by molar-refractivity contribution is -0.136. The van der Waals surface area contributed by atoms with Crippen molar-refractivity contribution in [2.24, 2.45) is 0 Å². The second-order valence-electron chi connectivity index (χ2n) is 4.17. The molecule has 0 radical (unpaired) electrons. The smallest absolute Gasteiger partial charge is 0.309 e. The van der Waals surface area contributed by atoms with Crippen molar-refractivity contribution in [1.29, 1.82) is 0 Å². The van der Waals surface area contributed by atoms with E-state index in [1.54, 1.807) is 24.3 Å². The zero-order valence-corrected chi connectivity index (χ0v) is 10.2. The summed E-state index contributed by atoms with van der Waals surface area (Å²) in [6.07, 6.45) is 0.164. The number of carbonyl (C=O) groups is 1. The highest BCUT2D eigenvalue weighted by Gasteiger charge is 2.12. The van der Waals surface area contributed by atoms with Crippen LogP contribution < -0.4 is 5.56 Å². The number of hydrogen-bond donors (Lipinski definition) is 2. The van der Waals surface area contributed by atoms with Crippen molar-refractivity contribution in [3.8, 4) is 0 Å². The number of carboxylic acid groups (broad SMARTS) is 1. The molecule has 19 heavy (non-hydrogen) atoms. The van der Waals surface area contributed by atoms with Crippen molar-refractivity contribution in [3.05, 3.63) is 40.3 Å². The molecule has 1 heterocycles. The van der Waals surface area contributed by atoms with Gasteiger partial charge in [0.15, 0.2) is 0 Å².